The van der Waals surface area contributed by atoms with Gasteiger partial charge in [0.2, 0.25) is 0 Å². The van der Waals surface area contributed by atoms with Gasteiger partial charge in [-0.25, -0.2) is 8.42 Å². The molecule has 0 radical (unpaired) electrons. The van der Waals surface area contributed by atoms with E-state index in [2.05, 4.69) is 21.2 Å². The van der Waals surface area contributed by atoms with E-state index in [9.17, 15) is 8.42 Å². The van der Waals surface area contributed by atoms with Gasteiger partial charge in [0.05, 0.1) is 6.10 Å². The average molecular weight is 334 g/mol. The van der Waals surface area contributed by atoms with Crippen molar-refractivity contribution in [3.63, 3.8) is 0 Å². The molecular weight excluding hydrogens is 318 g/mol. The molecule has 1 aromatic rings. The first kappa shape index (κ1) is 14.0. The predicted octanol–water partition coefficient (Wildman–Crippen LogP) is 2.03. The summed E-state index contributed by atoms with van der Waals surface area (Å²) in [6.07, 6.45) is 0.625. The van der Waals surface area contributed by atoms with Crippen LogP contribution in [0.4, 0.5) is 0 Å². The summed E-state index contributed by atoms with van der Waals surface area (Å²) in [6, 6.07) is 8.23. The van der Waals surface area contributed by atoms with Crippen LogP contribution in [-0.2, 0) is 15.2 Å². The van der Waals surface area contributed by atoms with E-state index in [0.717, 1.165) is 23.0 Å². The third-order valence-corrected chi connectivity index (χ3v) is 4.39. The second-order valence-electron chi connectivity index (χ2n) is 4.47. The van der Waals surface area contributed by atoms with Crippen LogP contribution in [0.5, 0.6) is 0 Å². The first-order valence-corrected chi connectivity index (χ1v) is 7.77. The SMILES string of the molecule is CC(O[SH](=O)=O)C1CCNC1c1ccc(Br)cc1. The van der Waals surface area contributed by atoms with Gasteiger partial charge in [-0.15, -0.1) is 0 Å². The number of thiol groups is 1. The minimum Gasteiger partial charge on any atom is -0.310 e. The predicted molar refractivity (Wildman–Crippen MR) is 73.9 cm³/mol. The van der Waals surface area contributed by atoms with Crippen molar-refractivity contribution in [3.8, 4) is 0 Å². The monoisotopic (exact) mass is 333 g/mol. The number of halogens is 1. The maximum Gasteiger partial charge on any atom is 0.257 e. The van der Waals surface area contributed by atoms with Crippen molar-refractivity contribution in [3.05, 3.63) is 34.3 Å². The van der Waals surface area contributed by atoms with Crippen LogP contribution >= 0.6 is 15.9 Å². The van der Waals surface area contributed by atoms with Crippen LogP contribution < -0.4 is 5.32 Å². The number of hydrogen-bond donors (Lipinski definition) is 2. The zero-order valence-corrected chi connectivity index (χ0v) is 12.5. The van der Waals surface area contributed by atoms with E-state index in [4.69, 9.17) is 4.18 Å². The molecule has 1 fully saturated rings. The van der Waals surface area contributed by atoms with Gasteiger partial charge < -0.3 is 5.32 Å². The van der Waals surface area contributed by atoms with Gasteiger partial charge in [0.15, 0.2) is 0 Å². The normalized spacial score (nSPS) is 25.5. The van der Waals surface area contributed by atoms with Gasteiger partial charge in [0, 0.05) is 16.4 Å². The molecule has 1 aromatic carbocycles. The summed E-state index contributed by atoms with van der Waals surface area (Å²) in [5, 5.41) is 3.40. The third kappa shape index (κ3) is 3.32. The fourth-order valence-electron chi connectivity index (χ4n) is 2.48. The Morgan fingerprint density at radius 3 is 2.67 bits per heavy atom. The molecule has 3 atom stereocenters. The van der Waals surface area contributed by atoms with Crippen LogP contribution in [-0.4, -0.2) is 21.1 Å². The van der Waals surface area contributed by atoms with Gasteiger partial charge in [-0.1, -0.05) is 28.1 Å². The maximum absolute atomic E-state index is 10.6. The molecule has 1 heterocycles. The smallest absolute Gasteiger partial charge is 0.257 e. The molecule has 0 aromatic heterocycles. The Morgan fingerprint density at radius 1 is 1.39 bits per heavy atom. The van der Waals surface area contributed by atoms with E-state index >= 15 is 0 Å². The van der Waals surface area contributed by atoms with Gasteiger partial charge in [0.25, 0.3) is 11.0 Å². The van der Waals surface area contributed by atoms with Crippen LogP contribution in [0.1, 0.15) is 24.9 Å². The lowest BCUT2D eigenvalue weighted by Gasteiger charge is -2.24. The van der Waals surface area contributed by atoms with Gasteiger partial charge in [-0.05, 0) is 37.6 Å². The minimum atomic E-state index is -2.78. The van der Waals surface area contributed by atoms with Crippen LogP contribution in [0.2, 0.25) is 0 Å². The molecule has 1 aliphatic rings. The van der Waals surface area contributed by atoms with Crippen LogP contribution in [0, 0.1) is 5.92 Å². The Morgan fingerprint density at radius 2 is 2.06 bits per heavy atom. The molecule has 1 N–H and O–H groups in total. The molecule has 1 saturated heterocycles. The second-order valence-corrected chi connectivity index (χ2v) is 6.04. The van der Waals surface area contributed by atoms with E-state index in [1.807, 2.05) is 31.2 Å². The summed E-state index contributed by atoms with van der Waals surface area (Å²) in [7, 11) is -2.78. The van der Waals surface area contributed by atoms with E-state index in [0.29, 0.717) is 0 Å². The summed E-state index contributed by atoms with van der Waals surface area (Å²) < 4.78 is 27.2. The van der Waals surface area contributed by atoms with Crippen molar-refractivity contribution in [2.24, 2.45) is 5.92 Å². The molecule has 4 nitrogen and oxygen atoms in total. The molecule has 0 spiro atoms. The summed E-state index contributed by atoms with van der Waals surface area (Å²) in [5.41, 5.74) is 1.16. The molecule has 3 unspecified atom stereocenters. The summed E-state index contributed by atoms with van der Waals surface area (Å²) in [6.45, 7) is 2.70. The summed E-state index contributed by atoms with van der Waals surface area (Å²) >= 11 is 3.41. The highest BCUT2D eigenvalue weighted by molar-refractivity contribution is 9.10. The molecule has 6 heteroatoms. The van der Waals surface area contributed by atoms with Crippen LogP contribution in [0.3, 0.4) is 0 Å². The number of benzene rings is 1. The highest BCUT2D eigenvalue weighted by Gasteiger charge is 2.33. The largest absolute Gasteiger partial charge is 0.310 e. The molecule has 2 rings (SSSR count). The maximum atomic E-state index is 10.6. The fraction of sp³-hybridized carbons (Fsp3) is 0.500. The Labute approximate surface area is 117 Å². The highest BCUT2D eigenvalue weighted by Crippen LogP contribution is 2.33. The molecular formula is C12H16BrNO3S. The molecule has 0 aliphatic carbocycles. The topological polar surface area (TPSA) is 55.4 Å². The zero-order valence-electron chi connectivity index (χ0n) is 10.0. The second kappa shape index (κ2) is 6.14. The van der Waals surface area contributed by atoms with Crippen LogP contribution in [0.25, 0.3) is 0 Å². The molecule has 0 saturated carbocycles. The van der Waals surface area contributed by atoms with Gasteiger partial charge in [-0.3, -0.25) is 4.18 Å². The highest BCUT2D eigenvalue weighted by atomic mass is 79.9. The lowest BCUT2D eigenvalue weighted by molar-refractivity contribution is 0.155. The van der Waals surface area contributed by atoms with Gasteiger partial charge in [0.1, 0.15) is 0 Å². The van der Waals surface area contributed by atoms with E-state index in [1.165, 1.54) is 0 Å². The zero-order chi connectivity index (χ0) is 13.1. The Bertz CT molecular complexity index is 467. The molecule has 100 valence electrons. The number of hydrogen-bond acceptors (Lipinski definition) is 4. The number of nitrogens with one attached hydrogen (secondary N) is 1. The van der Waals surface area contributed by atoms with Crippen molar-refractivity contribution in [1.82, 2.24) is 5.32 Å². The number of rotatable bonds is 4. The molecule has 0 bridgehead atoms. The molecule has 0 amide bonds. The Hall–Kier alpha value is -0.430. The standard InChI is InChI=1S/C12H16BrNO3S/c1-8(17-18(15)16)11-6-7-14-12(11)9-2-4-10(13)5-3-9/h2-5,8,11-12,14,18H,6-7H2,1H3. The fourth-order valence-corrected chi connectivity index (χ4v) is 3.17. The van der Waals surface area contributed by atoms with E-state index in [1.54, 1.807) is 0 Å². The third-order valence-electron chi connectivity index (χ3n) is 3.35. The average Bonchev–Trinajstić information content (AvgIpc) is 2.78. The quantitative estimate of drug-likeness (QED) is 0.828. The van der Waals surface area contributed by atoms with Crippen molar-refractivity contribution >= 4 is 26.9 Å². The minimum absolute atomic E-state index is 0.156. The van der Waals surface area contributed by atoms with E-state index < -0.39 is 11.0 Å². The lowest BCUT2D eigenvalue weighted by Crippen LogP contribution is -2.26. The first-order chi connectivity index (χ1) is 8.58. The van der Waals surface area contributed by atoms with Crippen LogP contribution in [0.15, 0.2) is 28.7 Å². The summed E-state index contributed by atoms with van der Waals surface area (Å²) in [4.78, 5) is 0. The van der Waals surface area contributed by atoms with Crippen molar-refractivity contribution < 1.29 is 12.6 Å². The van der Waals surface area contributed by atoms with Gasteiger partial charge >= 0.3 is 0 Å². The Kier molecular flexibility index (Phi) is 4.77. The Balaban J connectivity index is 2.14. The summed E-state index contributed by atoms with van der Waals surface area (Å²) in [5.74, 6) is 0.180. The van der Waals surface area contributed by atoms with Crippen molar-refractivity contribution in [2.75, 3.05) is 6.54 Å². The molecule has 1 aliphatic heterocycles. The van der Waals surface area contributed by atoms with Gasteiger partial charge in [-0.2, -0.15) is 0 Å². The van der Waals surface area contributed by atoms with Crippen molar-refractivity contribution in [1.29, 1.82) is 0 Å². The van der Waals surface area contributed by atoms with Crippen molar-refractivity contribution in [2.45, 2.75) is 25.5 Å². The lowest BCUT2D eigenvalue weighted by atomic mass is 9.90. The van der Waals surface area contributed by atoms with E-state index in [-0.39, 0.29) is 18.1 Å². The first-order valence-electron chi connectivity index (χ1n) is 5.88. The molecule has 18 heavy (non-hydrogen) atoms.